The number of esters is 1. The van der Waals surface area contributed by atoms with Crippen molar-refractivity contribution in [1.29, 1.82) is 0 Å². The molecular weight excluding hydrogens is 342 g/mol. The molecule has 1 aromatic heterocycles. The fourth-order valence-electron chi connectivity index (χ4n) is 3.12. The van der Waals surface area contributed by atoms with E-state index in [-0.39, 0.29) is 12.1 Å². The standard InChI is InChI=1S/C22H21NO4/c1-14(16-7-8-20-21(12-16)26-10-9-25-20)22(24)27-15(2)18-11-17-5-3-4-6-19(17)23-13-18/h3-8,11-15H,9-10H2,1-2H3. The van der Waals surface area contributed by atoms with E-state index in [4.69, 9.17) is 14.2 Å². The number of carbonyl (C=O) groups excluding carboxylic acids is 1. The Bertz CT molecular complexity index is 985. The van der Waals surface area contributed by atoms with Gasteiger partial charge < -0.3 is 14.2 Å². The second-order valence-electron chi connectivity index (χ2n) is 6.67. The van der Waals surface area contributed by atoms with E-state index >= 15 is 0 Å². The molecule has 138 valence electrons. The van der Waals surface area contributed by atoms with Gasteiger partial charge in [-0.2, -0.15) is 0 Å². The maximum atomic E-state index is 12.6. The lowest BCUT2D eigenvalue weighted by Crippen LogP contribution is -2.18. The quantitative estimate of drug-likeness (QED) is 0.643. The predicted molar refractivity (Wildman–Crippen MR) is 102 cm³/mol. The highest BCUT2D eigenvalue weighted by Crippen LogP contribution is 2.34. The van der Waals surface area contributed by atoms with Crippen molar-refractivity contribution in [3.63, 3.8) is 0 Å². The van der Waals surface area contributed by atoms with Crippen molar-refractivity contribution < 1.29 is 19.0 Å². The Hall–Kier alpha value is -3.08. The fraction of sp³-hybridized carbons (Fsp3) is 0.273. The van der Waals surface area contributed by atoms with Gasteiger partial charge in [-0.1, -0.05) is 24.3 Å². The third kappa shape index (κ3) is 3.58. The molecule has 0 saturated carbocycles. The van der Waals surface area contributed by atoms with Gasteiger partial charge >= 0.3 is 5.97 Å². The topological polar surface area (TPSA) is 57.7 Å². The number of pyridine rings is 1. The van der Waals surface area contributed by atoms with Gasteiger partial charge in [-0.25, -0.2) is 0 Å². The van der Waals surface area contributed by atoms with Crippen molar-refractivity contribution in [2.75, 3.05) is 13.2 Å². The van der Waals surface area contributed by atoms with E-state index in [1.807, 2.05) is 62.4 Å². The monoisotopic (exact) mass is 363 g/mol. The Labute approximate surface area is 157 Å². The third-order valence-corrected chi connectivity index (χ3v) is 4.79. The summed E-state index contributed by atoms with van der Waals surface area (Å²) in [5.74, 6) is 0.690. The zero-order chi connectivity index (χ0) is 18.8. The molecular formula is C22H21NO4. The van der Waals surface area contributed by atoms with Gasteiger partial charge in [0.25, 0.3) is 0 Å². The average Bonchev–Trinajstić information content (AvgIpc) is 2.72. The van der Waals surface area contributed by atoms with Gasteiger partial charge in [-0.15, -0.1) is 0 Å². The molecule has 1 aliphatic heterocycles. The first-order chi connectivity index (χ1) is 13.1. The molecule has 27 heavy (non-hydrogen) atoms. The lowest BCUT2D eigenvalue weighted by Gasteiger charge is -2.21. The summed E-state index contributed by atoms with van der Waals surface area (Å²) in [6.45, 7) is 4.75. The van der Waals surface area contributed by atoms with Gasteiger partial charge in [0.15, 0.2) is 11.5 Å². The number of hydrogen-bond donors (Lipinski definition) is 0. The number of para-hydroxylation sites is 1. The minimum atomic E-state index is -0.406. The molecule has 0 spiro atoms. The van der Waals surface area contributed by atoms with Gasteiger partial charge in [0.1, 0.15) is 19.3 Å². The van der Waals surface area contributed by atoms with Crippen molar-refractivity contribution in [3.05, 3.63) is 65.9 Å². The van der Waals surface area contributed by atoms with E-state index < -0.39 is 5.92 Å². The van der Waals surface area contributed by atoms with Crippen molar-refractivity contribution in [3.8, 4) is 11.5 Å². The molecule has 5 nitrogen and oxygen atoms in total. The Morgan fingerprint density at radius 1 is 1.00 bits per heavy atom. The molecule has 0 amide bonds. The second-order valence-corrected chi connectivity index (χ2v) is 6.67. The van der Waals surface area contributed by atoms with Gasteiger partial charge in [0.2, 0.25) is 0 Å². The first-order valence-corrected chi connectivity index (χ1v) is 9.06. The van der Waals surface area contributed by atoms with Crippen LogP contribution in [0, 0.1) is 0 Å². The molecule has 2 heterocycles. The van der Waals surface area contributed by atoms with E-state index in [1.54, 1.807) is 6.20 Å². The Balaban J connectivity index is 1.48. The second kappa shape index (κ2) is 7.27. The van der Waals surface area contributed by atoms with E-state index in [1.165, 1.54) is 0 Å². The largest absolute Gasteiger partial charge is 0.486 e. The van der Waals surface area contributed by atoms with Crippen LogP contribution in [-0.4, -0.2) is 24.2 Å². The Morgan fingerprint density at radius 3 is 2.63 bits per heavy atom. The number of nitrogens with zero attached hydrogens (tertiary/aromatic N) is 1. The van der Waals surface area contributed by atoms with E-state index in [0.717, 1.165) is 22.0 Å². The summed E-state index contributed by atoms with van der Waals surface area (Å²) in [5, 5.41) is 1.03. The minimum Gasteiger partial charge on any atom is -0.486 e. The predicted octanol–water partition coefficient (Wildman–Crippen LogP) is 4.41. The molecule has 0 aliphatic carbocycles. The van der Waals surface area contributed by atoms with Crippen LogP contribution in [0.3, 0.4) is 0 Å². The number of aromatic nitrogens is 1. The zero-order valence-electron chi connectivity index (χ0n) is 15.3. The maximum Gasteiger partial charge on any atom is 0.313 e. The van der Waals surface area contributed by atoms with Gasteiger partial charge in [0, 0.05) is 17.1 Å². The average molecular weight is 363 g/mol. The highest BCUT2D eigenvalue weighted by molar-refractivity contribution is 5.80. The van der Waals surface area contributed by atoms with Crippen molar-refractivity contribution in [2.24, 2.45) is 0 Å². The van der Waals surface area contributed by atoms with Crippen LogP contribution < -0.4 is 9.47 Å². The van der Waals surface area contributed by atoms with Crippen molar-refractivity contribution >= 4 is 16.9 Å². The van der Waals surface area contributed by atoms with Crippen molar-refractivity contribution in [2.45, 2.75) is 25.9 Å². The molecule has 2 aromatic carbocycles. The van der Waals surface area contributed by atoms with Gasteiger partial charge in [-0.3, -0.25) is 9.78 Å². The zero-order valence-corrected chi connectivity index (χ0v) is 15.3. The van der Waals surface area contributed by atoms with Crippen LogP contribution in [0.2, 0.25) is 0 Å². The minimum absolute atomic E-state index is 0.285. The molecule has 1 aliphatic rings. The normalized spacial score (nSPS) is 15.2. The first-order valence-electron chi connectivity index (χ1n) is 9.06. The number of carbonyl (C=O) groups is 1. The molecule has 4 rings (SSSR count). The summed E-state index contributed by atoms with van der Waals surface area (Å²) in [7, 11) is 0. The number of ether oxygens (including phenoxy) is 3. The Morgan fingerprint density at radius 2 is 1.78 bits per heavy atom. The molecule has 0 radical (unpaired) electrons. The van der Waals surface area contributed by atoms with E-state index in [0.29, 0.717) is 24.7 Å². The maximum absolute atomic E-state index is 12.6. The van der Waals surface area contributed by atoms with Crippen LogP contribution in [0.25, 0.3) is 10.9 Å². The molecule has 2 atom stereocenters. The first kappa shape index (κ1) is 17.3. The van der Waals surface area contributed by atoms with Crippen LogP contribution in [-0.2, 0) is 9.53 Å². The third-order valence-electron chi connectivity index (χ3n) is 4.79. The summed E-state index contributed by atoms with van der Waals surface area (Å²) in [5.41, 5.74) is 2.63. The lowest BCUT2D eigenvalue weighted by molar-refractivity contribution is -0.150. The van der Waals surface area contributed by atoms with Crippen LogP contribution in [0.5, 0.6) is 11.5 Å². The Kier molecular flexibility index (Phi) is 4.67. The van der Waals surface area contributed by atoms with Gasteiger partial charge in [0.05, 0.1) is 11.4 Å². The summed E-state index contributed by atoms with van der Waals surface area (Å²) >= 11 is 0. The van der Waals surface area contributed by atoms with Crippen LogP contribution in [0.1, 0.15) is 37.0 Å². The van der Waals surface area contributed by atoms with Gasteiger partial charge in [-0.05, 0) is 43.7 Å². The van der Waals surface area contributed by atoms with Crippen molar-refractivity contribution in [1.82, 2.24) is 4.98 Å². The van der Waals surface area contributed by atoms with Crippen LogP contribution in [0.4, 0.5) is 0 Å². The summed E-state index contributed by atoms with van der Waals surface area (Å²) in [4.78, 5) is 17.1. The molecule has 3 aromatic rings. The summed E-state index contributed by atoms with van der Waals surface area (Å²) in [6.07, 6.45) is 1.38. The van der Waals surface area contributed by atoms with E-state index in [9.17, 15) is 4.79 Å². The lowest BCUT2D eigenvalue weighted by atomic mass is 10.0. The smallest absolute Gasteiger partial charge is 0.313 e. The summed E-state index contributed by atoms with van der Waals surface area (Å²) < 4.78 is 16.8. The number of hydrogen-bond acceptors (Lipinski definition) is 5. The fourth-order valence-corrected chi connectivity index (χ4v) is 3.12. The molecule has 5 heteroatoms. The highest BCUT2D eigenvalue weighted by atomic mass is 16.6. The van der Waals surface area contributed by atoms with E-state index in [2.05, 4.69) is 4.98 Å². The molecule has 0 fully saturated rings. The molecule has 2 unspecified atom stereocenters. The number of benzene rings is 2. The molecule has 0 saturated heterocycles. The SMILES string of the molecule is CC(OC(=O)C(C)c1ccc2c(c1)OCCO2)c1cnc2ccccc2c1. The highest BCUT2D eigenvalue weighted by Gasteiger charge is 2.22. The molecule has 0 bridgehead atoms. The number of rotatable bonds is 4. The van der Waals surface area contributed by atoms with Crippen LogP contribution in [0.15, 0.2) is 54.7 Å². The van der Waals surface area contributed by atoms with Crippen LogP contribution >= 0.6 is 0 Å². The molecule has 0 N–H and O–H groups in total. The number of fused-ring (bicyclic) bond motifs is 2. The summed E-state index contributed by atoms with van der Waals surface area (Å²) in [6, 6.07) is 15.4.